The Morgan fingerprint density at radius 3 is 2.53 bits per heavy atom. The van der Waals surface area contributed by atoms with Crippen LogP contribution in [0, 0.1) is 0 Å². The number of hydrogen-bond acceptors (Lipinski definition) is 4. The Bertz CT molecular complexity index is 604. The van der Waals surface area contributed by atoms with Crippen LogP contribution in [0.1, 0.15) is 37.0 Å². The van der Waals surface area contributed by atoms with Crippen molar-refractivity contribution in [3.63, 3.8) is 0 Å². The topological polar surface area (TPSA) is 76.0 Å². The molecule has 0 aliphatic heterocycles. The highest BCUT2D eigenvalue weighted by molar-refractivity contribution is 5.94. The van der Waals surface area contributed by atoms with Gasteiger partial charge in [-0.05, 0) is 12.1 Å². The standard InChI is InChI=1S/C14H15N3O2/c1-14(2,3)13-16-8-10(12(18)19)11(17-13)9-5-4-6-15-7-9/h4-8H,1-3H3,(H,18,19). The van der Waals surface area contributed by atoms with Gasteiger partial charge in [0.2, 0.25) is 0 Å². The van der Waals surface area contributed by atoms with E-state index in [0.717, 1.165) is 0 Å². The number of carboxylic acids is 1. The Labute approximate surface area is 111 Å². The molecule has 0 aliphatic rings. The summed E-state index contributed by atoms with van der Waals surface area (Å²) in [5, 5.41) is 9.22. The summed E-state index contributed by atoms with van der Waals surface area (Å²) in [6.07, 6.45) is 4.59. The van der Waals surface area contributed by atoms with Crippen molar-refractivity contribution >= 4 is 5.97 Å². The van der Waals surface area contributed by atoms with Gasteiger partial charge in [-0.3, -0.25) is 4.98 Å². The van der Waals surface area contributed by atoms with E-state index in [4.69, 9.17) is 0 Å². The molecule has 0 fully saturated rings. The van der Waals surface area contributed by atoms with Crippen molar-refractivity contribution in [1.29, 1.82) is 0 Å². The van der Waals surface area contributed by atoms with Crippen molar-refractivity contribution in [1.82, 2.24) is 15.0 Å². The summed E-state index contributed by atoms with van der Waals surface area (Å²) in [4.78, 5) is 23.8. The number of aromatic nitrogens is 3. The molecule has 0 unspecified atom stereocenters. The predicted molar refractivity (Wildman–Crippen MR) is 70.9 cm³/mol. The zero-order chi connectivity index (χ0) is 14.0. The van der Waals surface area contributed by atoms with Crippen molar-refractivity contribution in [3.05, 3.63) is 42.1 Å². The molecule has 2 rings (SSSR count). The lowest BCUT2D eigenvalue weighted by Gasteiger charge is -2.17. The summed E-state index contributed by atoms with van der Waals surface area (Å²) < 4.78 is 0. The van der Waals surface area contributed by atoms with E-state index in [-0.39, 0.29) is 11.0 Å². The molecule has 0 aliphatic carbocycles. The Balaban J connectivity index is 2.65. The monoisotopic (exact) mass is 257 g/mol. The van der Waals surface area contributed by atoms with Crippen LogP contribution in [0.2, 0.25) is 0 Å². The van der Waals surface area contributed by atoms with Crippen LogP contribution in [-0.2, 0) is 5.41 Å². The quantitative estimate of drug-likeness (QED) is 0.894. The van der Waals surface area contributed by atoms with Gasteiger partial charge in [-0.1, -0.05) is 20.8 Å². The minimum Gasteiger partial charge on any atom is -0.478 e. The van der Waals surface area contributed by atoms with Crippen molar-refractivity contribution in [2.45, 2.75) is 26.2 Å². The van der Waals surface area contributed by atoms with Gasteiger partial charge in [0.05, 0.1) is 5.69 Å². The maximum atomic E-state index is 11.3. The lowest BCUT2D eigenvalue weighted by Crippen LogP contribution is -2.18. The zero-order valence-electron chi connectivity index (χ0n) is 11.1. The third-order valence-corrected chi connectivity index (χ3v) is 2.62. The largest absolute Gasteiger partial charge is 0.478 e. The minimum atomic E-state index is -1.04. The first kappa shape index (κ1) is 13.1. The van der Waals surface area contributed by atoms with Crippen molar-refractivity contribution in [2.75, 3.05) is 0 Å². The number of hydrogen-bond donors (Lipinski definition) is 1. The van der Waals surface area contributed by atoms with Crippen LogP contribution in [0.25, 0.3) is 11.3 Å². The molecule has 0 spiro atoms. The number of pyridine rings is 1. The molecule has 1 N–H and O–H groups in total. The molecule has 0 saturated heterocycles. The molecule has 5 heteroatoms. The number of rotatable bonds is 2. The average molecular weight is 257 g/mol. The zero-order valence-corrected chi connectivity index (χ0v) is 11.1. The fourth-order valence-corrected chi connectivity index (χ4v) is 1.62. The summed E-state index contributed by atoms with van der Waals surface area (Å²) in [5.41, 5.74) is 0.919. The molecule has 2 aromatic heterocycles. The minimum absolute atomic E-state index is 0.0843. The summed E-state index contributed by atoms with van der Waals surface area (Å²) in [6.45, 7) is 5.95. The molecular formula is C14H15N3O2. The van der Waals surface area contributed by atoms with Gasteiger partial charge in [0, 0.05) is 29.6 Å². The van der Waals surface area contributed by atoms with Crippen LogP contribution in [0.5, 0.6) is 0 Å². The smallest absolute Gasteiger partial charge is 0.339 e. The van der Waals surface area contributed by atoms with Gasteiger partial charge in [-0.15, -0.1) is 0 Å². The summed E-state index contributed by atoms with van der Waals surface area (Å²) in [6, 6.07) is 3.54. The molecule has 98 valence electrons. The van der Waals surface area contributed by atoms with Crippen LogP contribution in [0.4, 0.5) is 0 Å². The Morgan fingerprint density at radius 2 is 2.00 bits per heavy atom. The molecule has 0 saturated carbocycles. The first-order valence-corrected chi connectivity index (χ1v) is 5.91. The normalized spacial score (nSPS) is 11.3. The third kappa shape index (κ3) is 2.76. The van der Waals surface area contributed by atoms with E-state index in [1.807, 2.05) is 20.8 Å². The Hall–Kier alpha value is -2.30. The fourth-order valence-electron chi connectivity index (χ4n) is 1.62. The maximum absolute atomic E-state index is 11.3. The highest BCUT2D eigenvalue weighted by Crippen LogP contribution is 2.24. The van der Waals surface area contributed by atoms with Crippen LogP contribution < -0.4 is 0 Å². The number of carbonyl (C=O) groups is 1. The predicted octanol–water partition coefficient (Wildman–Crippen LogP) is 2.53. The van der Waals surface area contributed by atoms with E-state index in [0.29, 0.717) is 17.1 Å². The fraction of sp³-hybridized carbons (Fsp3) is 0.286. The van der Waals surface area contributed by atoms with Gasteiger partial charge in [-0.25, -0.2) is 14.8 Å². The van der Waals surface area contributed by atoms with E-state index >= 15 is 0 Å². The molecule has 0 amide bonds. The van der Waals surface area contributed by atoms with Crippen LogP contribution in [-0.4, -0.2) is 26.0 Å². The SMILES string of the molecule is CC(C)(C)c1ncc(C(=O)O)c(-c2cccnc2)n1. The van der Waals surface area contributed by atoms with E-state index in [9.17, 15) is 9.90 Å². The van der Waals surface area contributed by atoms with Gasteiger partial charge < -0.3 is 5.11 Å². The second-order valence-electron chi connectivity index (χ2n) is 5.25. The molecule has 5 nitrogen and oxygen atoms in total. The molecule has 19 heavy (non-hydrogen) atoms. The van der Waals surface area contributed by atoms with Gasteiger partial charge in [0.15, 0.2) is 0 Å². The third-order valence-electron chi connectivity index (χ3n) is 2.62. The summed E-state index contributed by atoms with van der Waals surface area (Å²) in [7, 11) is 0. The first-order chi connectivity index (χ1) is 8.89. The molecule has 0 atom stereocenters. The number of nitrogens with zero attached hydrogens (tertiary/aromatic N) is 3. The molecular weight excluding hydrogens is 242 g/mol. The number of aromatic carboxylic acids is 1. The summed E-state index contributed by atoms with van der Waals surface area (Å²) >= 11 is 0. The summed E-state index contributed by atoms with van der Waals surface area (Å²) in [5.74, 6) is -0.435. The first-order valence-electron chi connectivity index (χ1n) is 5.91. The maximum Gasteiger partial charge on any atom is 0.339 e. The lowest BCUT2D eigenvalue weighted by atomic mass is 9.95. The van der Waals surface area contributed by atoms with E-state index < -0.39 is 5.97 Å². The van der Waals surface area contributed by atoms with Crippen molar-refractivity contribution in [3.8, 4) is 11.3 Å². The highest BCUT2D eigenvalue weighted by atomic mass is 16.4. The highest BCUT2D eigenvalue weighted by Gasteiger charge is 2.21. The van der Waals surface area contributed by atoms with E-state index in [1.54, 1.807) is 24.5 Å². The Kier molecular flexibility index (Phi) is 3.29. The van der Waals surface area contributed by atoms with Crippen LogP contribution in [0.3, 0.4) is 0 Å². The van der Waals surface area contributed by atoms with Crippen LogP contribution in [0.15, 0.2) is 30.7 Å². The van der Waals surface area contributed by atoms with Crippen molar-refractivity contribution < 1.29 is 9.90 Å². The van der Waals surface area contributed by atoms with Gasteiger partial charge >= 0.3 is 5.97 Å². The molecule has 0 radical (unpaired) electrons. The number of carboxylic acid groups (broad SMARTS) is 1. The van der Waals surface area contributed by atoms with Crippen LogP contribution >= 0.6 is 0 Å². The molecule has 0 aromatic carbocycles. The second-order valence-corrected chi connectivity index (χ2v) is 5.25. The van der Waals surface area contributed by atoms with E-state index in [1.165, 1.54) is 6.20 Å². The second kappa shape index (κ2) is 4.76. The average Bonchev–Trinajstić information content (AvgIpc) is 2.38. The molecule has 2 aromatic rings. The van der Waals surface area contributed by atoms with Gasteiger partial charge in [0.25, 0.3) is 0 Å². The van der Waals surface area contributed by atoms with Crippen molar-refractivity contribution in [2.24, 2.45) is 0 Å². The molecule has 2 heterocycles. The van der Waals surface area contributed by atoms with Gasteiger partial charge in [-0.2, -0.15) is 0 Å². The lowest BCUT2D eigenvalue weighted by molar-refractivity contribution is 0.0696. The Morgan fingerprint density at radius 1 is 1.26 bits per heavy atom. The van der Waals surface area contributed by atoms with E-state index in [2.05, 4.69) is 15.0 Å². The van der Waals surface area contributed by atoms with Gasteiger partial charge in [0.1, 0.15) is 11.4 Å². The molecule has 0 bridgehead atoms.